The van der Waals surface area contributed by atoms with Crippen molar-refractivity contribution < 1.29 is 9.47 Å². The molecule has 1 atom stereocenters. The Bertz CT molecular complexity index is 737. The molecule has 0 amide bonds. The van der Waals surface area contributed by atoms with Crippen LogP contribution >= 0.6 is 24.0 Å². The first-order valence-corrected chi connectivity index (χ1v) is 8.66. The number of nitrogens with one attached hydrogen (secondary N) is 1. The molecule has 1 unspecified atom stereocenters. The molecule has 0 bridgehead atoms. The van der Waals surface area contributed by atoms with Gasteiger partial charge >= 0.3 is 0 Å². The number of guanidine groups is 1. The molecule has 0 radical (unpaired) electrons. The number of hydrogen-bond acceptors (Lipinski definition) is 5. The average molecular weight is 483 g/mol. The van der Waals surface area contributed by atoms with Crippen LogP contribution in [0.3, 0.4) is 0 Å². The predicted molar refractivity (Wildman–Crippen MR) is 119 cm³/mol. The van der Waals surface area contributed by atoms with Crippen molar-refractivity contribution in [2.45, 2.75) is 19.6 Å². The Balaban J connectivity index is 0.00000261. The van der Waals surface area contributed by atoms with Gasteiger partial charge in [-0.3, -0.25) is 0 Å². The first-order chi connectivity index (χ1) is 12.6. The Morgan fingerprint density at radius 2 is 2.11 bits per heavy atom. The normalized spacial score (nSPS) is 17.2. The van der Waals surface area contributed by atoms with Gasteiger partial charge in [0.2, 0.25) is 0 Å². The molecule has 1 aliphatic rings. The van der Waals surface area contributed by atoms with E-state index in [1.807, 2.05) is 42.6 Å². The molecule has 8 heteroatoms. The number of halogens is 1. The number of aliphatic imine (C=N–C) groups is 1. The lowest BCUT2D eigenvalue weighted by atomic mass is 10.2. The second-order valence-electron chi connectivity index (χ2n) is 6.21. The molecule has 2 heterocycles. The lowest BCUT2D eigenvalue weighted by molar-refractivity contribution is 0.0529. The number of hydrogen-bond donors (Lipinski definition) is 2. The Morgan fingerprint density at radius 3 is 2.74 bits per heavy atom. The quantitative estimate of drug-likeness (QED) is 0.387. The lowest BCUT2D eigenvalue weighted by Crippen LogP contribution is -2.41. The molecule has 1 aliphatic heterocycles. The second-order valence-corrected chi connectivity index (χ2v) is 6.21. The summed E-state index contributed by atoms with van der Waals surface area (Å²) < 4.78 is 10.7. The first kappa shape index (κ1) is 21.2. The summed E-state index contributed by atoms with van der Waals surface area (Å²) in [5, 5.41) is 3.06. The molecule has 3 N–H and O–H groups in total. The third-order valence-electron chi connectivity index (χ3n) is 4.17. The van der Waals surface area contributed by atoms with Crippen LogP contribution in [0.15, 0.2) is 47.6 Å². The molecular formula is C19H26IN5O2. The molecule has 1 aromatic heterocycles. The molecule has 146 valence electrons. The van der Waals surface area contributed by atoms with Gasteiger partial charge in [0.1, 0.15) is 11.6 Å². The van der Waals surface area contributed by atoms with Gasteiger partial charge in [-0.2, -0.15) is 0 Å². The van der Waals surface area contributed by atoms with Crippen molar-refractivity contribution in [2.75, 3.05) is 37.0 Å². The molecule has 0 aliphatic carbocycles. The zero-order valence-electron chi connectivity index (χ0n) is 15.6. The van der Waals surface area contributed by atoms with E-state index in [4.69, 9.17) is 15.2 Å². The minimum Gasteiger partial charge on any atom is -0.497 e. The van der Waals surface area contributed by atoms with E-state index in [0.717, 1.165) is 42.5 Å². The number of ether oxygens (including phenoxy) is 2. The highest BCUT2D eigenvalue weighted by Gasteiger charge is 2.17. The maximum Gasteiger partial charge on any atom is 0.193 e. The number of morpholine rings is 1. The largest absolute Gasteiger partial charge is 0.497 e. The van der Waals surface area contributed by atoms with Gasteiger partial charge in [-0.25, -0.2) is 9.98 Å². The van der Waals surface area contributed by atoms with E-state index in [1.165, 1.54) is 0 Å². The fourth-order valence-corrected chi connectivity index (χ4v) is 2.76. The molecule has 0 spiro atoms. The maximum absolute atomic E-state index is 5.95. The van der Waals surface area contributed by atoms with Crippen LogP contribution in [0.25, 0.3) is 0 Å². The van der Waals surface area contributed by atoms with Crippen molar-refractivity contribution in [3.05, 3.63) is 48.2 Å². The number of pyridine rings is 1. The second kappa shape index (κ2) is 10.3. The van der Waals surface area contributed by atoms with Crippen LogP contribution in [0.5, 0.6) is 5.75 Å². The first-order valence-electron chi connectivity index (χ1n) is 8.66. The predicted octanol–water partition coefficient (Wildman–Crippen LogP) is 2.86. The molecule has 1 aromatic carbocycles. The number of rotatable bonds is 5. The Morgan fingerprint density at radius 1 is 1.33 bits per heavy atom. The van der Waals surface area contributed by atoms with Gasteiger partial charge in [0, 0.05) is 25.0 Å². The van der Waals surface area contributed by atoms with Gasteiger partial charge in [-0.15, -0.1) is 24.0 Å². The molecule has 27 heavy (non-hydrogen) atoms. The average Bonchev–Trinajstić information content (AvgIpc) is 2.67. The number of benzene rings is 1. The molecule has 3 rings (SSSR count). The van der Waals surface area contributed by atoms with E-state index in [1.54, 1.807) is 7.11 Å². The zero-order valence-corrected chi connectivity index (χ0v) is 17.9. The summed E-state index contributed by atoms with van der Waals surface area (Å²) in [6.07, 6.45) is 2.08. The van der Waals surface area contributed by atoms with Crippen molar-refractivity contribution in [3.63, 3.8) is 0 Å². The van der Waals surface area contributed by atoms with Crippen LogP contribution in [-0.4, -0.2) is 43.9 Å². The smallest absolute Gasteiger partial charge is 0.193 e. The van der Waals surface area contributed by atoms with Gasteiger partial charge in [-0.05, 0) is 42.8 Å². The van der Waals surface area contributed by atoms with Crippen LogP contribution in [0.1, 0.15) is 12.5 Å². The fraction of sp³-hybridized carbons (Fsp3) is 0.368. The van der Waals surface area contributed by atoms with Gasteiger partial charge in [-0.1, -0.05) is 6.07 Å². The van der Waals surface area contributed by atoms with Gasteiger partial charge < -0.3 is 25.4 Å². The third kappa shape index (κ3) is 6.24. The number of methoxy groups -OCH3 is 1. The van der Waals surface area contributed by atoms with E-state index in [2.05, 4.69) is 27.1 Å². The Kier molecular flexibility index (Phi) is 8.11. The minimum absolute atomic E-state index is 0. The summed E-state index contributed by atoms with van der Waals surface area (Å²) in [5.41, 5.74) is 7.82. The summed E-state index contributed by atoms with van der Waals surface area (Å²) in [6.45, 7) is 5.02. The Hall–Kier alpha value is -2.07. The zero-order chi connectivity index (χ0) is 18.4. The highest BCUT2D eigenvalue weighted by molar-refractivity contribution is 14.0. The Labute approximate surface area is 177 Å². The van der Waals surface area contributed by atoms with Crippen LogP contribution in [0.2, 0.25) is 0 Å². The van der Waals surface area contributed by atoms with Crippen LogP contribution in [-0.2, 0) is 11.3 Å². The monoisotopic (exact) mass is 483 g/mol. The summed E-state index contributed by atoms with van der Waals surface area (Å²) in [6, 6.07) is 11.6. The standard InChI is InChI=1S/C19H25N5O2.HI/c1-14-13-24(9-10-26-14)18-8-3-15(11-21-18)12-22-19(20)23-16-4-6-17(25-2)7-5-16;/h3-8,11,14H,9-10,12-13H2,1-2H3,(H3,20,22,23);1H. The minimum atomic E-state index is 0. The van der Waals surface area contributed by atoms with Crippen molar-refractivity contribution >= 4 is 41.4 Å². The summed E-state index contributed by atoms with van der Waals surface area (Å²) in [7, 11) is 1.64. The van der Waals surface area contributed by atoms with Crippen molar-refractivity contribution in [3.8, 4) is 5.75 Å². The SMILES string of the molecule is COc1ccc(NC(N)=NCc2ccc(N3CCOC(C)C3)nc2)cc1.I. The highest BCUT2D eigenvalue weighted by Crippen LogP contribution is 2.16. The fourth-order valence-electron chi connectivity index (χ4n) is 2.76. The van der Waals surface area contributed by atoms with E-state index in [-0.39, 0.29) is 30.1 Å². The summed E-state index contributed by atoms with van der Waals surface area (Å²) in [4.78, 5) is 11.1. The highest BCUT2D eigenvalue weighted by atomic mass is 127. The molecule has 0 saturated carbocycles. The van der Waals surface area contributed by atoms with Crippen LogP contribution < -0.4 is 20.7 Å². The number of nitrogens with two attached hydrogens (primary N) is 1. The van der Waals surface area contributed by atoms with Crippen molar-refractivity contribution in [1.82, 2.24) is 4.98 Å². The number of aromatic nitrogens is 1. The number of nitrogens with zero attached hydrogens (tertiary/aromatic N) is 3. The maximum atomic E-state index is 5.95. The molecular weight excluding hydrogens is 457 g/mol. The lowest BCUT2D eigenvalue weighted by Gasteiger charge is -2.32. The molecule has 2 aromatic rings. The van der Waals surface area contributed by atoms with Crippen molar-refractivity contribution in [1.29, 1.82) is 0 Å². The van der Waals surface area contributed by atoms with Crippen LogP contribution in [0.4, 0.5) is 11.5 Å². The van der Waals surface area contributed by atoms with Gasteiger partial charge in [0.15, 0.2) is 5.96 Å². The molecule has 7 nitrogen and oxygen atoms in total. The molecule has 1 fully saturated rings. The third-order valence-corrected chi connectivity index (χ3v) is 4.17. The van der Waals surface area contributed by atoms with E-state index < -0.39 is 0 Å². The van der Waals surface area contributed by atoms with E-state index in [9.17, 15) is 0 Å². The summed E-state index contributed by atoms with van der Waals surface area (Å²) in [5.74, 6) is 2.13. The van der Waals surface area contributed by atoms with Crippen LogP contribution in [0, 0.1) is 0 Å². The van der Waals surface area contributed by atoms with E-state index >= 15 is 0 Å². The molecule has 1 saturated heterocycles. The topological polar surface area (TPSA) is 85.0 Å². The number of anilines is 2. The van der Waals surface area contributed by atoms with Crippen molar-refractivity contribution in [2.24, 2.45) is 10.7 Å². The summed E-state index contributed by atoms with van der Waals surface area (Å²) >= 11 is 0. The van der Waals surface area contributed by atoms with Gasteiger partial charge in [0.05, 0.1) is 26.4 Å². The van der Waals surface area contributed by atoms with Gasteiger partial charge in [0.25, 0.3) is 0 Å². The van der Waals surface area contributed by atoms with E-state index in [0.29, 0.717) is 12.5 Å².